The summed E-state index contributed by atoms with van der Waals surface area (Å²) in [6, 6.07) is 14.6. The van der Waals surface area contributed by atoms with Crippen molar-refractivity contribution >= 4 is 18.0 Å². The molecule has 0 fully saturated rings. The molecule has 0 radical (unpaired) electrons. The Hall–Kier alpha value is -3.08. The number of aromatic hydroxyl groups is 1. The summed E-state index contributed by atoms with van der Waals surface area (Å²) >= 11 is 0. The van der Waals surface area contributed by atoms with E-state index in [1.807, 2.05) is 0 Å². The lowest BCUT2D eigenvalue weighted by Crippen LogP contribution is -2.09. The normalized spacial score (nSPS) is 10.3. The Balaban J connectivity index is 1.88. The Morgan fingerprint density at radius 2 is 1.57 bits per heavy atom. The highest BCUT2D eigenvalue weighted by Crippen LogP contribution is 2.16. The number of phenolic OH excluding ortho intramolecular Hbond substituents is 1. The zero-order valence-corrected chi connectivity index (χ0v) is 10.9. The molecule has 0 aromatic heterocycles. The van der Waals surface area contributed by atoms with Crippen molar-refractivity contribution in [1.29, 1.82) is 0 Å². The van der Waals surface area contributed by atoms with Crippen molar-refractivity contribution in [2.45, 2.75) is 0 Å². The van der Waals surface area contributed by atoms with E-state index in [2.05, 4.69) is 9.78 Å². The highest BCUT2D eigenvalue weighted by molar-refractivity contribution is 5.91. The van der Waals surface area contributed by atoms with E-state index in [0.717, 1.165) is 6.08 Å². The maximum Gasteiger partial charge on any atom is 0.386 e. The molecule has 106 valence electrons. The number of hydrogen-bond acceptors (Lipinski definition) is 5. The van der Waals surface area contributed by atoms with Crippen LogP contribution in [0.1, 0.15) is 15.9 Å². The predicted octanol–water partition coefficient (Wildman–Crippen LogP) is 2.72. The third-order valence-corrected chi connectivity index (χ3v) is 2.54. The van der Waals surface area contributed by atoms with Crippen molar-refractivity contribution in [3.8, 4) is 5.75 Å². The van der Waals surface area contributed by atoms with E-state index in [-0.39, 0.29) is 11.3 Å². The van der Waals surface area contributed by atoms with Crippen molar-refractivity contribution in [3.63, 3.8) is 0 Å². The summed E-state index contributed by atoms with van der Waals surface area (Å²) in [6.07, 6.45) is 2.40. The van der Waals surface area contributed by atoms with Crippen LogP contribution in [0.15, 0.2) is 60.7 Å². The molecular weight excluding hydrogens is 272 g/mol. The summed E-state index contributed by atoms with van der Waals surface area (Å²) in [5, 5.41) is 9.50. The van der Waals surface area contributed by atoms with E-state index in [1.54, 1.807) is 36.4 Å². The molecule has 2 rings (SSSR count). The molecule has 0 aliphatic heterocycles. The number of benzene rings is 2. The largest absolute Gasteiger partial charge is 0.507 e. The number of carbonyl (C=O) groups excluding carboxylic acids is 2. The van der Waals surface area contributed by atoms with Gasteiger partial charge in [-0.2, -0.15) is 0 Å². The third-order valence-electron chi connectivity index (χ3n) is 2.54. The topological polar surface area (TPSA) is 72.8 Å². The van der Waals surface area contributed by atoms with Gasteiger partial charge in [0.05, 0.1) is 5.56 Å². The molecule has 0 spiro atoms. The minimum Gasteiger partial charge on any atom is -0.507 e. The van der Waals surface area contributed by atoms with Gasteiger partial charge in [-0.25, -0.2) is 19.4 Å². The first kappa shape index (κ1) is 14.3. The molecule has 2 aromatic carbocycles. The number of rotatable bonds is 3. The predicted molar refractivity (Wildman–Crippen MR) is 75.1 cm³/mol. The molecule has 0 amide bonds. The van der Waals surface area contributed by atoms with Crippen LogP contribution in [0, 0.1) is 0 Å². The molecule has 0 saturated heterocycles. The van der Waals surface area contributed by atoms with Crippen molar-refractivity contribution < 1.29 is 24.5 Å². The van der Waals surface area contributed by atoms with E-state index < -0.39 is 11.9 Å². The van der Waals surface area contributed by atoms with Gasteiger partial charge in [-0.05, 0) is 24.3 Å². The van der Waals surface area contributed by atoms with Crippen LogP contribution in [0.2, 0.25) is 0 Å². The van der Waals surface area contributed by atoms with E-state index in [0.29, 0.717) is 5.56 Å². The summed E-state index contributed by atoms with van der Waals surface area (Å²) in [7, 11) is 0. The van der Waals surface area contributed by atoms with Gasteiger partial charge in [-0.1, -0.05) is 36.4 Å². The number of phenols is 1. The molecular formula is C16H12O5. The Labute approximate surface area is 121 Å². The van der Waals surface area contributed by atoms with Crippen LogP contribution < -0.4 is 0 Å². The van der Waals surface area contributed by atoms with Crippen LogP contribution in [0.3, 0.4) is 0 Å². The van der Waals surface area contributed by atoms with Crippen LogP contribution >= 0.6 is 0 Å². The van der Waals surface area contributed by atoms with Gasteiger partial charge in [0.15, 0.2) is 0 Å². The average Bonchev–Trinajstić information content (AvgIpc) is 2.52. The van der Waals surface area contributed by atoms with Gasteiger partial charge < -0.3 is 5.11 Å². The van der Waals surface area contributed by atoms with Crippen LogP contribution in [0.25, 0.3) is 6.08 Å². The highest BCUT2D eigenvalue weighted by Gasteiger charge is 2.09. The molecule has 21 heavy (non-hydrogen) atoms. The maximum atomic E-state index is 11.5. The van der Waals surface area contributed by atoms with E-state index in [9.17, 15) is 14.7 Å². The zero-order chi connectivity index (χ0) is 15.1. The average molecular weight is 284 g/mol. The van der Waals surface area contributed by atoms with E-state index in [1.165, 1.54) is 24.3 Å². The lowest BCUT2D eigenvalue weighted by molar-refractivity contribution is -0.228. The molecule has 0 saturated carbocycles. The van der Waals surface area contributed by atoms with Gasteiger partial charge in [-0.3, -0.25) is 0 Å². The lowest BCUT2D eigenvalue weighted by Gasteiger charge is -2.01. The second kappa shape index (κ2) is 6.91. The van der Waals surface area contributed by atoms with Crippen molar-refractivity contribution in [2.75, 3.05) is 0 Å². The van der Waals surface area contributed by atoms with Crippen molar-refractivity contribution in [3.05, 3.63) is 71.8 Å². The third kappa shape index (κ3) is 4.21. The monoisotopic (exact) mass is 284 g/mol. The summed E-state index contributed by atoms with van der Waals surface area (Å²) in [4.78, 5) is 31.7. The first-order valence-electron chi connectivity index (χ1n) is 6.11. The molecule has 0 atom stereocenters. The van der Waals surface area contributed by atoms with Crippen LogP contribution in [-0.4, -0.2) is 17.0 Å². The van der Waals surface area contributed by atoms with E-state index >= 15 is 0 Å². The SMILES string of the molecule is O=C(C=Cc1ccccc1O)OOC(=O)c1ccccc1. The Morgan fingerprint density at radius 3 is 2.29 bits per heavy atom. The van der Waals surface area contributed by atoms with Crippen LogP contribution in [0.5, 0.6) is 5.75 Å². The molecule has 0 aliphatic rings. The fraction of sp³-hybridized carbons (Fsp3) is 0. The van der Waals surface area contributed by atoms with Gasteiger partial charge in [-0.15, -0.1) is 0 Å². The van der Waals surface area contributed by atoms with Crippen molar-refractivity contribution in [2.24, 2.45) is 0 Å². The van der Waals surface area contributed by atoms with Crippen LogP contribution in [0.4, 0.5) is 0 Å². The Kier molecular flexibility index (Phi) is 4.71. The second-order valence-corrected chi connectivity index (χ2v) is 4.03. The number of hydrogen-bond donors (Lipinski definition) is 1. The minimum absolute atomic E-state index is 0.0304. The number of carbonyl (C=O) groups is 2. The first-order chi connectivity index (χ1) is 10.2. The fourth-order valence-electron chi connectivity index (χ4n) is 1.52. The molecule has 5 heteroatoms. The van der Waals surface area contributed by atoms with Crippen LogP contribution in [-0.2, 0) is 14.6 Å². The number of para-hydroxylation sites is 1. The Morgan fingerprint density at radius 1 is 0.905 bits per heavy atom. The molecule has 0 aliphatic carbocycles. The minimum atomic E-state index is -0.859. The highest BCUT2D eigenvalue weighted by atomic mass is 17.2. The van der Waals surface area contributed by atoms with E-state index in [4.69, 9.17) is 0 Å². The lowest BCUT2D eigenvalue weighted by atomic mass is 10.2. The molecule has 2 aromatic rings. The smallest absolute Gasteiger partial charge is 0.386 e. The summed E-state index contributed by atoms with van der Waals surface area (Å²) in [5.41, 5.74) is 0.721. The standard InChI is InChI=1S/C16H12O5/c17-14-9-5-4-6-12(14)10-11-15(18)20-21-16(19)13-7-2-1-3-8-13/h1-11,17H. The molecule has 0 unspecified atom stereocenters. The van der Waals surface area contributed by atoms with Gasteiger partial charge in [0.1, 0.15) is 5.75 Å². The second-order valence-electron chi connectivity index (χ2n) is 4.03. The van der Waals surface area contributed by atoms with Gasteiger partial charge in [0, 0.05) is 11.6 Å². The Bertz CT molecular complexity index is 661. The summed E-state index contributed by atoms with van der Waals surface area (Å²) in [5.74, 6) is -1.59. The van der Waals surface area contributed by atoms with Gasteiger partial charge in [0.25, 0.3) is 0 Å². The van der Waals surface area contributed by atoms with Gasteiger partial charge in [0.2, 0.25) is 0 Å². The van der Waals surface area contributed by atoms with Gasteiger partial charge >= 0.3 is 11.9 Å². The molecule has 1 N–H and O–H groups in total. The maximum absolute atomic E-state index is 11.5. The quantitative estimate of drug-likeness (QED) is 0.533. The first-order valence-corrected chi connectivity index (χ1v) is 6.11. The molecule has 0 heterocycles. The molecule has 5 nitrogen and oxygen atoms in total. The molecule has 0 bridgehead atoms. The summed E-state index contributed by atoms with van der Waals surface area (Å²) < 4.78 is 0. The zero-order valence-electron chi connectivity index (χ0n) is 10.9. The summed E-state index contributed by atoms with van der Waals surface area (Å²) in [6.45, 7) is 0. The fourth-order valence-corrected chi connectivity index (χ4v) is 1.52. The van der Waals surface area contributed by atoms with Crippen molar-refractivity contribution in [1.82, 2.24) is 0 Å².